The molecule has 0 aliphatic heterocycles. The Kier molecular flexibility index (Phi) is 2.68. The first-order chi connectivity index (χ1) is 8.48. The molecule has 2 heterocycles. The molecule has 1 saturated carbocycles. The third-order valence-corrected chi connectivity index (χ3v) is 4.18. The molecule has 0 aromatic carbocycles. The summed E-state index contributed by atoms with van der Waals surface area (Å²) in [5.74, 6) is -2.17. The first kappa shape index (κ1) is 12.1. The van der Waals surface area contributed by atoms with E-state index in [0.29, 0.717) is 17.9 Å². The molecule has 18 heavy (non-hydrogen) atoms. The molecular weight excluding hydrogens is 353 g/mol. The van der Waals surface area contributed by atoms with Crippen LogP contribution >= 0.6 is 22.6 Å². The lowest BCUT2D eigenvalue weighted by Gasteiger charge is -2.13. The summed E-state index contributed by atoms with van der Waals surface area (Å²) in [5.41, 5.74) is 6.45. The van der Waals surface area contributed by atoms with Crippen LogP contribution in [0.1, 0.15) is 25.3 Å². The molecule has 1 atom stereocenters. The number of hydrogen-bond donors (Lipinski definition) is 1. The number of rotatable bonds is 1. The van der Waals surface area contributed by atoms with Crippen LogP contribution in [-0.2, 0) is 0 Å². The van der Waals surface area contributed by atoms with Crippen LogP contribution in [0, 0.1) is 3.57 Å². The van der Waals surface area contributed by atoms with E-state index in [1.165, 1.54) is 6.33 Å². The van der Waals surface area contributed by atoms with Crippen molar-refractivity contribution in [3.8, 4) is 0 Å². The highest BCUT2D eigenvalue weighted by atomic mass is 127. The number of aromatic nitrogens is 3. The van der Waals surface area contributed by atoms with E-state index in [1.807, 2.05) is 10.8 Å². The Bertz CT molecular complexity index is 610. The lowest BCUT2D eigenvalue weighted by atomic mass is 10.2. The van der Waals surface area contributed by atoms with E-state index >= 15 is 0 Å². The van der Waals surface area contributed by atoms with Crippen molar-refractivity contribution >= 4 is 39.4 Å². The molecule has 1 aliphatic carbocycles. The van der Waals surface area contributed by atoms with Crippen LogP contribution in [0.5, 0.6) is 0 Å². The van der Waals surface area contributed by atoms with Crippen molar-refractivity contribution in [2.45, 2.75) is 31.2 Å². The molecule has 1 fully saturated rings. The SMILES string of the molecule is Nc1ncnc2c1c(I)cn2C1CCC(F)(F)C1. The van der Waals surface area contributed by atoms with Crippen LogP contribution in [0.4, 0.5) is 14.6 Å². The fourth-order valence-corrected chi connectivity index (χ4v) is 3.32. The molecule has 0 amide bonds. The zero-order valence-corrected chi connectivity index (χ0v) is 11.6. The number of hydrogen-bond acceptors (Lipinski definition) is 3. The summed E-state index contributed by atoms with van der Waals surface area (Å²) in [7, 11) is 0. The van der Waals surface area contributed by atoms with Gasteiger partial charge in [0.15, 0.2) is 0 Å². The second-order valence-electron chi connectivity index (χ2n) is 4.59. The Balaban J connectivity index is 2.11. The molecule has 1 unspecified atom stereocenters. The molecule has 0 saturated heterocycles. The summed E-state index contributed by atoms with van der Waals surface area (Å²) in [4.78, 5) is 8.11. The molecule has 96 valence electrons. The Hall–Kier alpha value is -0.990. The van der Waals surface area contributed by atoms with Gasteiger partial charge in [-0.25, -0.2) is 18.7 Å². The van der Waals surface area contributed by atoms with Gasteiger partial charge in [0.1, 0.15) is 17.8 Å². The predicted octanol–water partition coefficient (Wildman–Crippen LogP) is 2.98. The van der Waals surface area contributed by atoms with Gasteiger partial charge in [0.2, 0.25) is 5.92 Å². The number of nitrogens with two attached hydrogens (primary N) is 1. The highest BCUT2D eigenvalue weighted by Gasteiger charge is 2.40. The quantitative estimate of drug-likeness (QED) is 0.792. The van der Waals surface area contributed by atoms with Gasteiger partial charge < -0.3 is 10.3 Å². The zero-order valence-electron chi connectivity index (χ0n) is 9.41. The van der Waals surface area contributed by atoms with E-state index in [0.717, 1.165) is 8.96 Å². The molecule has 0 radical (unpaired) electrons. The van der Waals surface area contributed by atoms with Gasteiger partial charge in [-0.3, -0.25) is 0 Å². The van der Waals surface area contributed by atoms with E-state index in [-0.39, 0.29) is 18.9 Å². The Morgan fingerprint density at radius 3 is 2.89 bits per heavy atom. The Morgan fingerprint density at radius 1 is 1.44 bits per heavy atom. The molecule has 4 nitrogen and oxygen atoms in total. The van der Waals surface area contributed by atoms with Crippen LogP contribution in [0.3, 0.4) is 0 Å². The van der Waals surface area contributed by atoms with Crippen molar-refractivity contribution in [1.82, 2.24) is 14.5 Å². The summed E-state index contributed by atoms with van der Waals surface area (Å²) in [6, 6.07) is -0.208. The van der Waals surface area contributed by atoms with Gasteiger partial charge in [0, 0.05) is 28.7 Å². The molecule has 2 N–H and O–H groups in total. The fourth-order valence-electron chi connectivity index (χ4n) is 2.50. The standard InChI is InChI=1S/C11H11F2IN4/c12-11(13)2-1-6(3-11)18-4-7(14)8-9(15)16-5-17-10(8)18/h4-6H,1-3H2,(H2,15,16,17). The number of alkyl halides is 2. The molecule has 1 aliphatic rings. The molecule has 7 heteroatoms. The molecule has 0 bridgehead atoms. The van der Waals surface area contributed by atoms with Crippen LogP contribution in [0.25, 0.3) is 11.0 Å². The van der Waals surface area contributed by atoms with Crippen molar-refractivity contribution in [2.75, 3.05) is 5.73 Å². The largest absolute Gasteiger partial charge is 0.383 e. The summed E-state index contributed by atoms with van der Waals surface area (Å²) in [6.45, 7) is 0. The predicted molar refractivity (Wildman–Crippen MR) is 72.5 cm³/mol. The Labute approximate surface area is 116 Å². The van der Waals surface area contributed by atoms with Crippen LogP contribution < -0.4 is 5.73 Å². The number of halogens is 3. The second kappa shape index (κ2) is 4.01. The fraction of sp³-hybridized carbons (Fsp3) is 0.455. The smallest absolute Gasteiger partial charge is 0.250 e. The first-order valence-electron chi connectivity index (χ1n) is 5.62. The minimum atomic E-state index is -2.56. The van der Waals surface area contributed by atoms with Gasteiger partial charge in [-0.05, 0) is 29.0 Å². The third-order valence-electron chi connectivity index (χ3n) is 3.36. The normalized spacial score (nSPS) is 22.7. The summed E-state index contributed by atoms with van der Waals surface area (Å²) >= 11 is 2.13. The molecule has 2 aromatic heterocycles. The number of nitrogen functional groups attached to an aromatic ring is 1. The topological polar surface area (TPSA) is 56.7 Å². The second-order valence-corrected chi connectivity index (χ2v) is 5.76. The van der Waals surface area contributed by atoms with Gasteiger partial charge in [-0.2, -0.15) is 0 Å². The van der Waals surface area contributed by atoms with Crippen molar-refractivity contribution in [2.24, 2.45) is 0 Å². The average molecular weight is 364 g/mol. The maximum absolute atomic E-state index is 13.3. The minimum Gasteiger partial charge on any atom is -0.383 e. The van der Waals surface area contributed by atoms with Gasteiger partial charge in [-0.1, -0.05) is 0 Å². The van der Waals surface area contributed by atoms with Gasteiger partial charge in [-0.15, -0.1) is 0 Å². The molecule has 2 aromatic rings. The first-order valence-corrected chi connectivity index (χ1v) is 6.70. The van der Waals surface area contributed by atoms with Gasteiger partial charge in [0.25, 0.3) is 0 Å². The molecule has 0 spiro atoms. The summed E-state index contributed by atoms with van der Waals surface area (Å²) in [6.07, 6.45) is 3.49. The summed E-state index contributed by atoms with van der Waals surface area (Å²) < 4.78 is 29.3. The van der Waals surface area contributed by atoms with Crippen molar-refractivity contribution in [3.63, 3.8) is 0 Å². The highest BCUT2D eigenvalue weighted by Crippen LogP contribution is 2.43. The van der Waals surface area contributed by atoms with Crippen LogP contribution in [-0.4, -0.2) is 20.5 Å². The number of anilines is 1. The minimum absolute atomic E-state index is 0.0610. The number of nitrogens with zero attached hydrogens (tertiary/aromatic N) is 3. The van der Waals surface area contributed by atoms with Crippen LogP contribution in [0.2, 0.25) is 0 Å². The lowest BCUT2D eigenvalue weighted by Crippen LogP contribution is -2.12. The van der Waals surface area contributed by atoms with Crippen molar-refractivity contribution in [3.05, 3.63) is 16.1 Å². The van der Waals surface area contributed by atoms with E-state index in [9.17, 15) is 8.78 Å². The number of fused-ring (bicyclic) bond motifs is 1. The molecular formula is C11H11F2IN4. The van der Waals surface area contributed by atoms with Crippen molar-refractivity contribution < 1.29 is 8.78 Å². The maximum atomic E-state index is 13.3. The Morgan fingerprint density at radius 2 is 2.22 bits per heavy atom. The highest BCUT2D eigenvalue weighted by molar-refractivity contribution is 14.1. The van der Waals surface area contributed by atoms with E-state index < -0.39 is 5.92 Å². The van der Waals surface area contributed by atoms with Crippen LogP contribution in [0.15, 0.2) is 12.5 Å². The lowest BCUT2D eigenvalue weighted by molar-refractivity contribution is 0.00577. The monoisotopic (exact) mass is 364 g/mol. The van der Waals surface area contributed by atoms with Crippen molar-refractivity contribution in [1.29, 1.82) is 0 Å². The summed E-state index contributed by atoms with van der Waals surface area (Å²) in [5, 5.41) is 0.758. The average Bonchev–Trinajstić information content (AvgIpc) is 2.81. The molecule has 3 rings (SSSR count). The third kappa shape index (κ3) is 1.84. The van der Waals surface area contributed by atoms with E-state index in [4.69, 9.17) is 5.73 Å². The van der Waals surface area contributed by atoms with E-state index in [1.54, 1.807) is 0 Å². The van der Waals surface area contributed by atoms with Gasteiger partial charge >= 0.3 is 0 Å². The van der Waals surface area contributed by atoms with E-state index in [2.05, 4.69) is 32.6 Å². The maximum Gasteiger partial charge on any atom is 0.250 e. The zero-order chi connectivity index (χ0) is 12.9. The van der Waals surface area contributed by atoms with Gasteiger partial charge in [0.05, 0.1) is 5.39 Å².